The van der Waals surface area contributed by atoms with Gasteiger partial charge in [0.25, 0.3) is 0 Å². The summed E-state index contributed by atoms with van der Waals surface area (Å²) in [4.78, 5) is 14.2. The highest BCUT2D eigenvalue weighted by Gasteiger charge is 1.98. The number of hydrogen-bond acceptors (Lipinski definition) is 2. The second-order valence-electron chi connectivity index (χ2n) is 4.75. The summed E-state index contributed by atoms with van der Waals surface area (Å²) in [6.07, 6.45) is 10.3. The maximum Gasteiger partial charge on any atom is 0.692 e. The smallest absolute Gasteiger partial charge is 0.508 e. The monoisotopic (exact) mass is 301 g/mol. The van der Waals surface area contributed by atoms with Gasteiger partial charge >= 0.3 is 8.25 Å². The highest BCUT2D eigenvalue weighted by atomic mass is 31.1. The number of benzene rings is 1. The van der Waals surface area contributed by atoms with Crippen LogP contribution in [-0.2, 0) is 11.0 Å². The Morgan fingerprint density at radius 3 is 2.00 bits per heavy atom. The summed E-state index contributed by atoms with van der Waals surface area (Å²) >= 11 is 0. The van der Waals surface area contributed by atoms with Crippen molar-refractivity contribution in [2.24, 2.45) is 0 Å². The molecule has 0 aliphatic heterocycles. The second-order valence-corrected chi connectivity index (χ2v) is 5.26. The SMILES string of the molecule is CCCCCCCCCc1ccccc1O.O=[P+](O)O. The summed E-state index contributed by atoms with van der Waals surface area (Å²) in [6, 6.07) is 7.67. The summed E-state index contributed by atoms with van der Waals surface area (Å²) in [5.74, 6) is 0.452. The van der Waals surface area contributed by atoms with Gasteiger partial charge in [-0.15, -0.1) is 9.79 Å². The zero-order chi connectivity index (χ0) is 15.2. The molecule has 0 bridgehead atoms. The van der Waals surface area contributed by atoms with E-state index in [1.54, 1.807) is 6.07 Å². The lowest BCUT2D eigenvalue weighted by Gasteiger charge is -2.04. The van der Waals surface area contributed by atoms with Crippen molar-refractivity contribution in [2.45, 2.75) is 58.3 Å². The van der Waals surface area contributed by atoms with Gasteiger partial charge in [-0.2, -0.15) is 0 Å². The molecular formula is C15H26O4P+. The first-order valence-corrected chi connectivity index (χ1v) is 8.36. The number of para-hydroxylation sites is 1. The zero-order valence-electron chi connectivity index (χ0n) is 12.2. The Bertz CT molecular complexity index is 365. The van der Waals surface area contributed by atoms with Crippen LogP contribution in [0.4, 0.5) is 0 Å². The van der Waals surface area contributed by atoms with E-state index in [0.29, 0.717) is 5.75 Å². The van der Waals surface area contributed by atoms with E-state index in [9.17, 15) is 5.11 Å². The van der Waals surface area contributed by atoms with Crippen LogP contribution in [0.2, 0.25) is 0 Å². The van der Waals surface area contributed by atoms with Gasteiger partial charge in [0.15, 0.2) is 0 Å². The van der Waals surface area contributed by atoms with Gasteiger partial charge in [0.1, 0.15) is 5.75 Å². The maximum atomic E-state index is 9.58. The van der Waals surface area contributed by atoms with Crippen LogP contribution in [0.15, 0.2) is 24.3 Å². The van der Waals surface area contributed by atoms with Crippen molar-refractivity contribution in [2.75, 3.05) is 0 Å². The summed E-state index contributed by atoms with van der Waals surface area (Å²) < 4.78 is 8.70. The van der Waals surface area contributed by atoms with Crippen LogP contribution in [0.25, 0.3) is 0 Å². The third kappa shape index (κ3) is 12.1. The van der Waals surface area contributed by atoms with Gasteiger partial charge in [-0.1, -0.05) is 63.6 Å². The third-order valence-electron chi connectivity index (χ3n) is 3.04. The molecule has 0 atom stereocenters. The van der Waals surface area contributed by atoms with Crippen molar-refractivity contribution in [3.05, 3.63) is 29.8 Å². The highest BCUT2D eigenvalue weighted by Crippen LogP contribution is 2.18. The predicted molar refractivity (Wildman–Crippen MR) is 81.8 cm³/mol. The van der Waals surface area contributed by atoms with Crippen LogP contribution in [0.3, 0.4) is 0 Å². The Kier molecular flexibility index (Phi) is 12.4. The van der Waals surface area contributed by atoms with Crippen molar-refractivity contribution in [1.29, 1.82) is 0 Å². The van der Waals surface area contributed by atoms with Crippen LogP contribution < -0.4 is 0 Å². The Morgan fingerprint density at radius 1 is 0.950 bits per heavy atom. The van der Waals surface area contributed by atoms with Crippen molar-refractivity contribution >= 4 is 8.25 Å². The average Bonchev–Trinajstić information content (AvgIpc) is 2.39. The molecular weight excluding hydrogens is 275 g/mol. The summed E-state index contributed by atoms with van der Waals surface area (Å²) in [7, 11) is -2.87. The molecule has 0 saturated carbocycles. The normalized spacial score (nSPS) is 9.75. The molecule has 1 aromatic carbocycles. The molecule has 0 aliphatic carbocycles. The molecule has 0 fully saturated rings. The van der Waals surface area contributed by atoms with Gasteiger partial charge < -0.3 is 5.11 Å². The van der Waals surface area contributed by atoms with Gasteiger partial charge in [-0.05, 0) is 24.5 Å². The minimum Gasteiger partial charge on any atom is -0.508 e. The van der Waals surface area contributed by atoms with E-state index in [-0.39, 0.29) is 0 Å². The second kappa shape index (κ2) is 13.0. The minimum atomic E-state index is -2.87. The first-order valence-electron chi connectivity index (χ1n) is 7.19. The van der Waals surface area contributed by atoms with Crippen LogP contribution in [0.1, 0.15) is 57.4 Å². The number of unbranched alkanes of at least 4 members (excludes halogenated alkanes) is 6. The van der Waals surface area contributed by atoms with Gasteiger partial charge in [-0.25, -0.2) is 0 Å². The molecule has 0 radical (unpaired) electrons. The predicted octanol–water partition coefficient (Wildman–Crippen LogP) is 4.31. The van der Waals surface area contributed by atoms with Crippen molar-refractivity contribution < 1.29 is 19.5 Å². The molecule has 20 heavy (non-hydrogen) atoms. The number of aryl methyl sites for hydroxylation is 1. The molecule has 1 rings (SSSR count). The molecule has 4 nitrogen and oxygen atoms in total. The van der Waals surface area contributed by atoms with Gasteiger partial charge in [0, 0.05) is 4.57 Å². The summed E-state index contributed by atoms with van der Waals surface area (Å²) in [6.45, 7) is 2.25. The van der Waals surface area contributed by atoms with E-state index in [2.05, 4.69) is 6.92 Å². The maximum absolute atomic E-state index is 9.58. The summed E-state index contributed by atoms with van der Waals surface area (Å²) in [5, 5.41) is 9.58. The van der Waals surface area contributed by atoms with Crippen LogP contribution in [-0.4, -0.2) is 14.9 Å². The lowest BCUT2D eigenvalue weighted by atomic mass is 10.0. The molecule has 0 unspecified atom stereocenters. The highest BCUT2D eigenvalue weighted by molar-refractivity contribution is 7.30. The van der Waals surface area contributed by atoms with E-state index in [1.807, 2.05) is 18.2 Å². The molecule has 1 aromatic rings. The Morgan fingerprint density at radius 2 is 1.45 bits per heavy atom. The van der Waals surface area contributed by atoms with Gasteiger partial charge in [-0.3, -0.25) is 0 Å². The van der Waals surface area contributed by atoms with Crippen molar-refractivity contribution in [3.8, 4) is 5.75 Å². The Balaban J connectivity index is 0.000000796. The van der Waals surface area contributed by atoms with E-state index in [0.717, 1.165) is 12.0 Å². The molecule has 0 amide bonds. The Hall–Kier alpha value is -0.960. The van der Waals surface area contributed by atoms with Crippen LogP contribution >= 0.6 is 8.25 Å². The van der Waals surface area contributed by atoms with E-state index >= 15 is 0 Å². The largest absolute Gasteiger partial charge is 0.692 e. The molecule has 0 spiro atoms. The molecule has 0 aromatic heterocycles. The zero-order valence-corrected chi connectivity index (χ0v) is 13.1. The molecule has 3 N–H and O–H groups in total. The number of phenols is 1. The fourth-order valence-electron chi connectivity index (χ4n) is 1.99. The average molecular weight is 301 g/mol. The molecule has 0 heterocycles. The van der Waals surface area contributed by atoms with Crippen LogP contribution in [0.5, 0.6) is 5.75 Å². The van der Waals surface area contributed by atoms with Crippen molar-refractivity contribution in [3.63, 3.8) is 0 Å². The number of aromatic hydroxyl groups is 1. The fourth-order valence-corrected chi connectivity index (χ4v) is 1.99. The first-order chi connectivity index (χ1) is 9.57. The molecule has 0 aliphatic rings. The van der Waals surface area contributed by atoms with E-state index in [4.69, 9.17) is 14.4 Å². The first kappa shape index (κ1) is 19.0. The lowest BCUT2D eigenvalue weighted by molar-refractivity contribution is 0.405. The number of phenolic OH excluding ortho intramolecular Hbond substituents is 1. The van der Waals surface area contributed by atoms with Gasteiger partial charge in [0.2, 0.25) is 0 Å². The molecule has 0 saturated heterocycles. The summed E-state index contributed by atoms with van der Waals surface area (Å²) in [5.41, 5.74) is 1.09. The number of hydrogen-bond donors (Lipinski definition) is 3. The van der Waals surface area contributed by atoms with E-state index in [1.165, 1.54) is 44.9 Å². The third-order valence-corrected chi connectivity index (χ3v) is 3.04. The molecule has 114 valence electrons. The van der Waals surface area contributed by atoms with Crippen LogP contribution in [0, 0.1) is 0 Å². The van der Waals surface area contributed by atoms with E-state index < -0.39 is 8.25 Å². The molecule has 5 heteroatoms. The lowest BCUT2D eigenvalue weighted by Crippen LogP contribution is -1.87. The van der Waals surface area contributed by atoms with Gasteiger partial charge in [0.05, 0.1) is 0 Å². The standard InChI is InChI=1S/C15H24O.HO3P/c1-2-3-4-5-6-7-8-11-14-12-9-10-13-15(14)16;1-4(2)3/h9-10,12-13,16H,2-8,11H2,1H3;(H-,1,2,3)/p+1. The minimum absolute atomic E-state index is 0.452. The Labute approximate surface area is 122 Å². The quantitative estimate of drug-likeness (QED) is 0.494. The number of rotatable bonds is 8. The topological polar surface area (TPSA) is 77.8 Å². The van der Waals surface area contributed by atoms with Crippen molar-refractivity contribution in [1.82, 2.24) is 0 Å². The fraction of sp³-hybridized carbons (Fsp3) is 0.600.